The lowest BCUT2D eigenvalue weighted by Crippen LogP contribution is -2.39. The molecule has 4 nitrogen and oxygen atoms in total. The molecule has 0 bridgehead atoms. The number of nitrogens with zero attached hydrogens (tertiary/aromatic N) is 1. The van der Waals surface area contributed by atoms with Crippen molar-refractivity contribution < 1.29 is 13.2 Å². The minimum Gasteiger partial charge on any atom is -0.384 e. The maximum atomic E-state index is 12.3. The van der Waals surface area contributed by atoms with Gasteiger partial charge in [0.25, 0.3) is 0 Å². The SMILES string of the molecule is COCC1CCN(S(=O)(=O)c2ccccc2)CC1. The van der Waals surface area contributed by atoms with E-state index in [1.54, 1.807) is 35.7 Å². The van der Waals surface area contributed by atoms with E-state index in [1.165, 1.54) is 0 Å². The highest BCUT2D eigenvalue weighted by Gasteiger charge is 2.28. The molecule has 0 saturated carbocycles. The number of hydrogen-bond acceptors (Lipinski definition) is 3. The van der Waals surface area contributed by atoms with E-state index in [0.717, 1.165) is 19.4 Å². The van der Waals surface area contributed by atoms with Crippen molar-refractivity contribution in [3.8, 4) is 0 Å². The van der Waals surface area contributed by atoms with E-state index in [1.807, 2.05) is 6.07 Å². The molecule has 0 unspecified atom stereocenters. The molecule has 0 amide bonds. The minimum absolute atomic E-state index is 0.384. The summed E-state index contributed by atoms with van der Waals surface area (Å²) in [5.41, 5.74) is 0. The number of rotatable bonds is 4. The highest BCUT2D eigenvalue weighted by Crippen LogP contribution is 2.23. The number of piperidine rings is 1. The van der Waals surface area contributed by atoms with Gasteiger partial charge in [-0.05, 0) is 30.9 Å². The van der Waals surface area contributed by atoms with Crippen molar-refractivity contribution in [3.05, 3.63) is 30.3 Å². The Morgan fingerprint density at radius 3 is 2.39 bits per heavy atom. The zero-order valence-electron chi connectivity index (χ0n) is 10.6. The minimum atomic E-state index is -3.31. The average molecular weight is 269 g/mol. The Kier molecular flexibility index (Phi) is 4.37. The highest BCUT2D eigenvalue weighted by molar-refractivity contribution is 7.89. The maximum absolute atomic E-state index is 12.3. The van der Waals surface area contributed by atoms with Crippen LogP contribution < -0.4 is 0 Å². The number of methoxy groups -OCH3 is 1. The summed E-state index contributed by atoms with van der Waals surface area (Å²) < 4.78 is 31.4. The van der Waals surface area contributed by atoms with Crippen LogP contribution in [0, 0.1) is 5.92 Å². The first kappa shape index (κ1) is 13.5. The fraction of sp³-hybridized carbons (Fsp3) is 0.538. The van der Waals surface area contributed by atoms with Gasteiger partial charge in [0.05, 0.1) is 4.90 Å². The topological polar surface area (TPSA) is 46.6 Å². The Morgan fingerprint density at radius 2 is 1.83 bits per heavy atom. The molecule has 2 rings (SSSR count). The van der Waals surface area contributed by atoms with Crippen LogP contribution in [-0.4, -0.2) is 39.5 Å². The van der Waals surface area contributed by atoms with Crippen molar-refractivity contribution in [2.75, 3.05) is 26.8 Å². The van der Waals surface area contributed by atoms with E-state index in [2.05, 4.69) is 0 Å². The molecule has 1 aromatic rings. The third-order valence-corrected chi connectivity index (χ3v) is 5.27. The average Bonchev–Trinajstić information content (AvgIpc) is 2.41. The molecular formula is C13H19NO3S. The highest BCUT2D eigenvalue weighted by atomic mass is 32.2. The zero-order chi connectivity index (χ0) is 13.0. The summed E-state index contributed by atoms with van der Waals surface area (Å²) >= 11 is 0. The van der Waals surface area contributed by atoms with Crippen LogP contribution in [0.15, 0.2) is 35.2 Å². The summed E-state index contributed by atoms with van der Waals surface area (Å²) in [6, 6.07) is 8.63. The van der Waals surface area contributed by atoms with Gasteiger partial charge in [0.2, 0.25) is 10.0 Å². The van der Waals surface area contributed by atoms with E-state index in [0.29, 0.717) is 23.9 Å². The standard InChI is InChI=1S/C13H19NO3S/c1-17-11-12-7-9-14(10-8-12)18(15,16)13-5-3-2-4-6-13/h2-6,12H,7-11H2,1H3. The van der Waals surface area contributed by atoms with Crippen molar-refractivity contribution in [1.82, 2.24) is 4.31 Å². The smallest absolute Gasteiger partial charge is 0.243 e. The molecule has 18 heavy (non-hydrogen) atoms. The van der Waals surface area contributed by atoms with Crippen molar-refractivity contribution in [2.45, 2.75) is 17.7 Å². The van der Waals surface area contributed by atoms with Gasteiger partial charge in [-0.15, -0.1) is 0 Å². The van der Waals surface area contributed by atoms with Gasteiger partial charge in [-0.25, -0.2) is 8.42 Å². The van der Waals surface area contributed by atoms with E-state index in [-0.39, 0.29) is 0 Å². The summed E-state index contributed by atoms with van der Waals surface area (Å²) in [5.74, 6) is 0.484. The van der Waals surface area contributed by atoms with Gasteiger partial charge in [-0.2, -0.15) is 4.31 Å². The molecular weight excluding hydrogens is 250 g/mol. The molecule has 0 aromatic heterocycles. The number of hydrogen-bond donors (Lipinski definition) is 0. The van der Waals surface area contributed by atoms with Crippen LogP contribution in [0.3, 0.4) is 0 Å². The maximum Gasteiger partial charge on any atom is 0.243 e. The third kappa shape index (κ3) is 2.91. The van der Waals surface area contributed by atoms with Gasteiger partial charge in [-0.1, -0.05) is 18.2 Å². The predicted octanol–water partition coefficient (Wildman–Crippen LogP) is 1.73. The Morgan fingerprint density at radius 1 is 1.22 bits per heavy atom. The molecule has 1 aliphatic heterocycles. The molecule has 1 aromatic carbocycles. The van der Waals surface area contributed by atoms with Crippen LogP contribution in [0.2, 0.25) is 0 Å². The molecule has 5 heteroatoms. The summed E-state index contributed by atoms with van der Waals surface area (Å²) in [7, 11) is -1.62. The molecule has 100 valence electrons. The second-order valence-corrected chi connectivity index (χ2v) is 6.55. The van der Waals surface area contributed by atoms with Crippen LogP contribution in [-0.2, 0) is 14.8 Å². The van der Waals surface area contributed by atoms with E-state index >= 15 is 0 Å². The number of benzene rings is 1. The molecule has 0 N–H and O–H groups in total. The van der Waals surface area contributed by atoms with E-state index < -0.39 is 10.0 Å². The summed E-state index contributed by atoms with van der Waals surface area (Å²) in [6.07, 6.45) is 1.75. The first-order valence-corrected chi connectivity index (χ1v) is 7.62. The van der Waals surface area contributed by atoms with Gasteiger partial charge in [0.15, 0.2) is 0 Å². The lowest BCUT2D eigenvalue weighted by molar-refractivity contribution is 0.121. The summed E-state index contributed by atoms with van der Waals surface area (Å²) in [5, 5.41) is 0. The zero-order valence-corrected chi connectivity index (χ0v) is 11.4. The van der Waals surface area contributed by atoms with Crippen molar-refractivity contribution >= 4 is 10.0 Å². The second-order valence-electron chi connectivity index (χ2n) is 4.62. The van der Waals surface area contributed by atoms with Crippen LogP contribution in [0.5, 0.6) is 0 Å². The first-order chi connectivity index (χ1) is 8.64. The molecule has 1 fully saturated rings. The molecule has 1 aliphatic rings. The molecule has 0 radical (unpaired) electrons. The van der Waals surface area contributed by atoms with Crippen molar-refractivity contribution in [3.63, 3.8) is 0 Å². The Balaban J connectivity index is 2.05. The van der Waals surface area contributed by atoms with Gasteiger partial charge >= 0.3 is 0 Å². The molecule has 0 atom stereocenters. The normalized spacial score (nSPS) is 18.9. The van der Waals surface area contributed by atoms with Crippen LogP contribution in [0.1, 0.15) is 12.8 Å². The lowest BCUT2D eigenvalue weighted by Gasteiger charge is -2.30. The fourth-order valence-electron chi connectivity index (χ4n) is 2.29. The van der Waals surface area contributed by atoms with Crippen LogP contribution >= 0.6 is 0 Å². The Bertz CT molecular complexity index is 464. The summed E-state index contributed by atoms with van der Waals surface area (Å²) in [4.78, 5) is 0.384. The van der Waals surface area contributed by atoms with Crippen molar-refractivity contribution in [1.29, 1.82) is 0 Å². The Labute approximate surface area is 109 Å². The van der Waals surface area contributed by atoms with Crippen molar-refractivity contribution in [2.24, 2.45) is 5.92 Å². The van der Waals surface area contributed by atoms with Gasteiger partial charge in [0.1, 0.15) is 0 Å². The monoisotopic (exact) mass is 269 g/mol. The van der Waals surface area contributed by atoms with Crippen LogP contribution in [0.4, 0.5) is 0 Å². The number of sulfonamides is 1. The lowest BCUT2D eigenvalue weighted by atomic mass is 9.99. The molecule has 1 heterocycles. The fourth-order valence-corrected chi connectivity index (χ4v) is 3.78. The molecule has 1 saturated heterocycles. The quantitative estimate of drug-likeness (QED) is 0.836. The third-order valence-electron chi connectivity index (χ3n) is 3.36. The summed E-state index contributed by atoms with van der Waals surface area (Å²) in [6.45, 7) is 1.90. The second kappa shape index (κ2) is 5.82. The molecule has 0 spiro atoms. The first-order valence-electron chi connectivity index (χ1n) is 6.18. The van der Waals surface area contributed by atoms with Gasteiger partial charge < -0.3 is 4.74 Å². The van der Waals surface area contributed by atoms with E-state index in [4.69, 9.17) is 4.74 Å². The number of ether oxygens (including phenoxy) is 1. The van der Waals surface area contributed by atoms with E-state index in [9.17, 15) is 8.42 Å². The van der Waals surface area contributed by atoms with Gasteiger partial charge in [0, 0.05) is 26.8 Å². The predicted molar refractivity (Wildman–Crippen MR) is 69.8 cm³/mol. The molecule has 0 aliphatic carbocycles. The largest absolute Gasteiger partial charge is 0.384 e. The van der Waals surface area contributed by atoms with Crippen LogP contribution in [0.25, 0.3) is 0 Å². The van der Waals surface area contributed by atoms with Gasteiger partial charge in [-0.3, -0.25) is 0 Å². The Hall–Kier alpha value is -0.910.